The quantitative estimate of drug-likeness (QED) is 0.853. The van der Waals surface area contributed by atoms with Crippen LogP contribution in [0, 0.1) is 0 Å². The molecule has 3 nitrogen and oxygen atoms in total. The normalized spacial score (nSPS) is 23.1. The minimum Gasteiger partial charge on any atom is -0.300 e. The van der Waals surface area contributed by atoms with E-state index in [9.17, 15) is 4.79 Å². The number of carbonyl (C=O) groups excluding carboxylic acids is 1. The Morgan fingerprint density at radius 1 is 0.952 bits per heavy atom. The van der Waals surface area contributed by atoms with Gasteiger partial charge in [0.05, 0.1) is 0 Å². The van der Waals surface area contributed by atoms with E-state index in [1.165, 1.54) is 25.1 Å². The lowest BCUT2D eigenvalue weighted by Gasteiger charge is -2.33. The monoisotopic (exact) mass is 286 g/mol. The summed E-state index contributed by atoms with van der Waals surface area (Å²) in [7, 11) is 0. The highest BCUT2D eigenvalue weighted by Crippen LogP contribution is 2.22. The Balaban J connectivity index is 1.51. The van der Waals surface area contributed by atoms with Gasteiger partial charge in [-0.2, -0.15) is 0 Å². The van der Waals surface area contributed by atoms with Crippen molar-refractivity contribution < 1.29 is 4.79 Å². The molecule has 0 unspecified atom stereocenters. The first kappa shape index (κ1) is 14.7. The summed E-state index contributed by atoms with van der Waals surface area (Å²) >= 11 is 0. The van der Waals surface area contributed by atoms with Gasteiger partial charge in [0.25, 0.3) is 0 Å². The zero-order chi connectivity index (χ0) is 14.5. The van der Waals surface area contributed by atoms with Crippen LogP contribution < -0.4 is 0 Å². The summed E-state index contributed by atoms with van der Waals surface area (Å²) in [5.41, 5.74) is 1.41. The van der Waals surface area contributed by atoms with Gasteiger partial charge in [-0.15, -0.1) is 0 Å². The number of benzene rings is 1. The predicted octanol–water partition coefficient (Wildman–Crippen LogP) is 2.71. The minimum absolute atomic E-state index is 0.465. The van der Waals surface area contributed by atoms with Crippen LogP contribution in [0.1, 0.15) is 37.7 Å². The molecule has 2 fully saturated rings. The summed E-state index contributed by atoms with van der Waals surface area (Å²) in [6.07, 6.45) is 5.01. The van der Waals surface area contributed by atoms with E-state index in [0.29, 0.717) is 11.8 Å². The predicted molar refractivity (Wildman–Crippen MR) is 85.2 cm³/mol. The van der Waals surface area contributed by atoms with E-state index in [-0.39, 0.29) is 0 Å². The third-order valence-electron chi connectivity index (χ3n) is 4.90. The topological polar surface area (TPSA) is 23.6 Å². The Kier molecular flexibility index (Phi) is 5.04. The fourth-order valence-corrected chi connectivity index (χ4v) is 3.65. The Morgan fingerprint density at radius 3 is 2.48 bits per heavy atom. The van der Waals surface area contributed by atoms with Crippen molar-refractivity contribution in [2.45, 2.75) is 44.7 Å². The number of Topliss-reactive ketones (excluding diaryl/α,β-unsaturated/α-hetero) is 1. The molecule has 0 atom stereocenters. The summed E-state index contributed by atoms with van der Waals surface area (Å²) in [5.74, 6) is 0.465. The van der Waals surface area contributed by atoms with Gasteiger partial charge in [0.2, 0.25) is 0 Å². The molecule has 0 bridgehead atoms. The highest BCUT2D eigenvalue weighted by atomic mass is 16.1. The van der Waals surface area contributed by atoms with E-state index < -0.39 is 0 Å². The molecule has 1 aromatic carbocycles. The van der Waals surface area contributed by atoms with Crippen molar-refractivity contribution in [3.8, 4) is 0 Å². The molecule has 114 valence electrons. The standard InChI is InChI=1S/C18H26N2O/c21-18-9-7-17(8-10-18)20-12-4-11-19(13-14-20)15-16-5-2-1-3-6-16/h1-3,5-6,17H,4,7-15H2. The Labute approximate surface area is 127 Å². The third-order valence-corrected chi connectivity index (χ3v) is 4.90. The molecule has 0 aromatic heterocycles. The SMILES string of the molecule is O=C1CCC(N2CCCN(Cc3ccccc3)CC2)CC1. The summed E-state index contributed by atoms with van der Waals surface area (Å²) in [5, 5.41) is 0. The molecule has 3 rings (SSSR count). The van der Waals surface area contributed by atoms with E-state index in [4.69, 9.17) is 0 Å². The molecule has 0 radical (unpaired) electrons. The highest BCUT2D eigenvalue weighted by Gasteiger charge is 2.26. The van der Waals surface area contributed by atoms with Crippen molar-refractivity contribution in [1.82, 2.24) is 9.80 Å². The molecular formula is C18H26N2O. The van der Waals surface area contributed by atoms with Gasteiger partial charge in [-0.05, 0) is 37.9 Å². The van der Waals surface area contributed by atoms with Crippen molar-refractivity contribution >= 4 is 5.78 Å². The van der Waals surface area contributed by atoms with Crippen LogP contribution in [-0.4, -0.2) is 47.8 Å². The molecule has 1 aromatic rings. The second-order valence-corrected chi connectivity index (χ2v) is 6.42. The van der Waals surface area contributed by atoms with Crippen LogP contribution in [0.5, 0.6) is 0 Å². The van der Waals surface area contributed by atoms with Crippen LogP contribution in [0.3, 0.4) is 0 Å². The van der Waals surface area contributed by atoms with Crippen LogP contribution in [-0.2, 0) is 11.3 Å². The molecule has 1 heterocycles. The van der Waals surface area contributed by atoms with Gasteiger partial charge in [-0.3, -0.25) is 14.6 Å². The lowest BCUT2D eigenvalue weighted by Crippen LogP contribution is -2.40. The second-order valence-electron chi connectivity index (χ2n) is 6.42. The Morgan fingerprint density at radius 2 is 1.71 bits per heavy atom. The maximum absolute atomic E-state index is 11.4. The summed E-state index contributed by atoms with van der Waals surface area (Å²) in [6, 6.07) is 11.4. The molecule has 21 heavy (non-hydrogen) atoms. The molecule has 1 aliphatic carbocycles. The fraction of sp³-hybridized carbons (Fsp3) is 0.611. The maximum Gasteiger partial charge on any atom is 0.133 e. The first-order valence-electron chi connectivity index (χ1n) is 8.33. The van der Waals surface area contributed by atoms with Crippen molar-refractivity contribution in [3.05, 3.63) is 35.9 Å². The first-order chi connectivity index (χ1) is 10.3. The fourth-order valence-electron chi connectivity index (χ4n) is 3.65. The number of ketones is 1. The number of hydrogen-bond acceptors (Lipinski definition) is 3. The average Bonchev–Trinajstić information content (AvgIpc) is 2.75. The smallest absolute Gasteiger partial charge is 0.133 e. The molecule has 0 amide bonds. The molecule has 1 saturated heterocycles. The van der Waals surface area contributed by atoms with Gasteiger partial charge in [0, 0.05) is 38.5 Å². The summed E-state index contributed by atoms with van der Waals surface area (Å²) in [4.78, 5) is 16.6. The number of carbonyl (C=O) groups is 1. The second kappa shape index (κ2) is 7.19. The van der Waals surface area contributed by atoms with Crippen molar-refractivity contribution in [1.29, 1.82) is 0 Å². The molecule has 1 aliphatic heterocycles. The van der Waals surface area contributed by atoms with Crippen molar-refractivity contribution in [2.24, 2.45) is 0 Å². The van der Waals surface area contributed by atoms with Gasteiger partial charge in [0.1, 0.15) is 5.78 Å². The maximum atomic E-state index is 11.4. The van der Waals surface area contributed by atoms with Gasteiger partial charge < -0.3 is 0 Å². The first-order valence-corrected chi connectivity index (χ1v) is 8.33. The van der Waals surface area contributed by atoms with E-state index in [1.807, 2.05) is 0 Å². The zero-order valence-electron chi connectivity index (χ0n) is 12.8. The van der Waals surface area contributed by atoms with Crippen molar-refractivity contribution in [3.63, 3.8) is 0 Å². The molecule has 0 N–H and O–H groups in total. The van der Waals surface area contributed by atoms with E-state index in [1.54, 1.807) is 0 Å². The van der Waals surface area contributed by atoms with Crippen LogP contribution in [0.25, 0.3) is 0 Å². The van der Waals surface area contributed by atoms with Crippen LogP contribution in [0.2, 0.25) is 0 Å². The van der Waals surface area contributed by atoms with E-state index in [2.05, 4.69) is 40.1 Å². The van der Waals surface area contributed by atoms with Gasteiger partial charge in [-0.1, -0.05) is 30.3 Å². The van der Waals surface area contributed by atoms with Gasteiger partial charge in [0.15, 0.2) is 0 Å². The van der Waals surface area contributed by atoms with Crippen LogP contribution >= 0.6 is 0 Å². The lowest BCUT2D eigenvalue weighted by atomic mass is 9.93. The minimum atomic E-state index is 0.465. The van der Waals surface area contributed by atoms with Crippen LogP contribution in [0.4, 0.5) is 0 Å². The zero-order valence-corrected chi connectivity index (χ0v) is 12.8. The molecule has 1 saturated carbocycles. The van der Waals surface area contributed by atoms with E-state index in [0.717, 1.165) is 45.3 Å². The number of hydrogen-bond donors (Lipinski definition) is 0. The molecule has 3 heteroatoms. The van der Waals surface area contributed by atoms with Gasteiger partial charge >= 0.3 is 0 Å². The largest absolute Gasteiger partial charge is 0.300 e. The molecular weight excluding hydrogens is 260 g/mol. The van der Waals surface area contributed by atoms with Crippen molar-refractivity contribution in [2.75, 3.05) is 26.2 Å². The summed E-state index contributed by atoms with van der Waals surface area (Å²) < 4.78 is 0. The Hall–Kier alpha value is -1.19. The third kappa shape index (κ3) is 4.14. The molecule has 0 spiro atoms. The number of rotatable bonds is 3. The number of nitrogens with zero attached hydrogens (tertiary/aromatic N) is 2. The average molecular weight is 286 g/mol. The van der Waals surface area contributed by atoms with E-state index >= 15 is 0 Å². The highest BCUT2D eigenvalue weighted by molar-refractivity contribution is 5.79. The Bertz CT molecular complexity index is 450. The lowest BCUT2D eigenvalue weighted by molar-refractivity contribution is -0.121. The van der Waals surface area contributed by atoms with Gasteiger partial charge in [-0.25, -0.2) is 0 Å². The molecule has 2 aliphatic rings. The summed E-state index contributed by atoms with van der Waals surface area (Å²) in [6.45, 7) is 5.77. The van der Waals surface area contributed by atoms with Crippen LogP contribution in [0.15, 0.2) is 30.3 Å².